The van der Waals surface area contributed by atoms with E-state index in [1.807, 2.05) is 19.1 Å². The number of imidazole rings is 1. The van der Waals surface area contributed by atoms with E-state index in [0.717, 1.165) is 41.2 Å². The van der Waals surface area contributed by atoms with E-state index in [9.17, 15) is 4.79 Å². The Hall–Kier alpha value is -2.79. The molecule has 1 saturated heterocycles. The lowest BCUT2D eigenvalue weighted by molar-refractivity contribution is -0.00530. The van der Waals surface area contributed by atoms with Gasteiger partial charge in [-0.05, 0) is 50.7 Å². The first kappa shape index (κ1) is 26.8. The smallest absolute Gasteiger partial charge is 0.382 e. The number of hydrogen-bond acceptors (Lipinski definition) is 8. The number of methoxy groups -OCH3 is 1. The van der Waals surface area contributed by atoms with Gasteiger partial charge in [0.25, 0.3) is 0 Å². The molecule has 2 N–H and O–H groups in total. The molecule has 0 spiro atoms. The van der Waals surface area contributed by atoms with E-state index in [1.54, 1.807) is 19.5 Å². The van der Waals surface area contributed by atoms with Gasteiger partial charge in [-0.3, -0.25) is 10.3 Å². The van der Waals surface area contributed by atoms with Crippen LogP contribution in [0.3, 0.4) is 0 Å². The van der Waals surface area contributed by atoms with Gasteiger partial charge in [0, 0.05) is 37.7 Å². The molecule has 204 valence electrons. The molecule has 3 atom stereocenters. The van der Waals surface area contributed by atoms with Gasteiger partial charge in [-0.2, -0.15) is 0 Å². The van der Waals surface area contributed by atoms with Gasteiger partial charge < -0.3 is 18.9 Å². The van der Waals surface area contributed by atoms with Crippen LogP contribution in [0.15, 0.2) is 24.5 Å². The second-order valence-corrected chi connectivity index (χ2v) is 10.7. The highest BCUT2D eigenvalue weighted by atomic mass is 35.5. The molecule has 2 fully saturated rings. The molecule has 0 aromatic carbocycles. The fraction of sp³-hybridized carbons (Fsp3) is 0.556. The summed E-state index contributed by atoms with van der Waals surface area (Å²) in [5.41, 5.74) is 6.31. The van der Waals surface area contributed by atoms with Gasteiger partial charge in [0.05, 0.1) is 34.1 Å². The van der Waals surface area contributed by atoms with E-state index in [4.69, 9.17) is 35.9 Å². The topological polar surface area (TPSA) is 112 Å². The summed E-state index contributed by atoms with van der Waals surface area (Å²) < 4.78 is 14.0. The third-order valence-electron chi connectivity index (χ3n) is 7.64. The Morgan fingerprint density at radius 2 is 2.00 bits per heavy atom. The molecule has 3 unspecified atom stereocenters. The first-order valence-electron chi connectivity index (χ1n) is 13.3. The average Bonchev–Trinajstić information content (AvgIpc) is 3.52. The Balaban J connectivity index is 1.74. The van der Waals surface area contributed by atoms with E-state index in [1.165, 1.54) is 12.8 Å². The second-order valence-electron chi connectivity index (χ2n) is 10.2. The maximum atomic E-state index is 11.8. The molecule has 1 aliphatic heterocycles. The number of rotatable bonds is 9. The minimum Gasteiger partial charge on any atom is -0.382 e. The molecule has 0 radical (unpaired) electrons. The Kier molecular flexibility index (Phi) is 8.13. The van der Waals surface area contributed by atoms with E-state index in [-0.39, 0.29) is 12.1 Å². The standard InChI is InChI=1S/C27H35ClN6O4/c1-5-37-22(14-36-4)26-31-20-11-21(25-32-27(35)38-33-25)30-23(18-10-19(28)13-29-12-18)24(20)34(26)16(3)17-8-6-15(2)7-9-17/h10-13,15-17,22,25,33H,5-9,14H2,1-4H3,(H,32,35). The number of aromatic nitrogens is 4. The van der Waals surface area contributed by atoms with Crippen molar-refractivity contribution in [1.82, 2.24) is 30.3 Å². The second kappa shape index (κ2) is 11.5. The number of hydroxylamine groups is 1. The summed E-state index contributed by atoms with van der Waals surface area (Å²) in [6.07, 6.45) is 6.53. The van der Waals surface area contributed by atoms with Gasteiger partial charge in [0.2, 0.25) is 0 Å². The van der Waals surface area contributed by atoms with E-state index < -0.39 is 12.3 Å². The Labute approximate surface area is 227 Å². The van der Waals surface area contributed by atoms with Gasteiger partial charge in [-0.15, -0.1) is 5.48 Å². The summed E-state index contributed by atoms with van der Waals surface area (Å²) >= 11 is 6.37. The normalized spacial score (nSPS) is 23.3. The van der Waals surface area contributed by atoms with Crippen molar-refractivity contribution in [2.45, 2.75) is 64.8 Å². The van der Waals surface area contributed by atoms with Crippen molar-refractivity contribution in [2.24, 2.45) is 11.8 Å². The molecule has 3 aromatic heterocycles. The van der Waals surface area contributed by atoms with Crippen molar-refractivity contribution in [1.29, 1.82) is 0 Å². The fourth-order valence-electron chi connectivity index (χ4n) is 5.64. The number of pyridine rings is 2. The number of carbonyl (C=O) groups is 1. The molecule has 3 aromatic rings. The van der Waals surface area contributed by atoms with Crippen molar-refractivity contribution in [3.05, 3.63) is 41.1 Å². The zero-order valence-electron chi connectivity index (χ0n) is 22.2. The van der Waals surface area contributed by atoms with Crippen LogP contribution in [0.5, 0.6) is 0 Å². The van der Waals surface area contributed by atoms with Crippen LogP contribution in [0.2, 0.25) is 5.02 Å². The lowest BCUT2D eigenvalue weighted by Crippen LogP contribution is -2.26. The number of ether oxygens (including phenoxy) is 2. The summed E-state index contributed by atoms with van der Waals surface area (Å²) in [6.45, 7) is 7.46. The number of carbonyl (C=O) groups excluding carboxylic acids is 1. The van der Waals surface area contributed by atoms with Crippen molar-refractivity contribution in [3.8, 4) is 11.3 Å². The van der Waals surface area contributed by atoms with Crippen molar-refractivity contribution in [2.75, 3.05) is 20.3 Å². The highest BCUT2D eigenvalue weighted by Gasteiger charge is 2.33. The van der Waals surface area contributed by atoms with Crippen LogP contribution in [0.4, 0.5) is 4.79 Å². The minimum absolute atomic E-state index is 0.147. The third kappa shape index (κ3) is 5.36. The molecule has 1 amide bonds. The monoisotopic (exact) mass is 542 g/mol. The molecule has 38 heavy (non-hydrogen) atoms. The molecular formula is C27H35ClN6O4. The summed E-state index contributed by atoms with van der Waals surface area (Å²) in [4.78, 5) is 31.1. The molecule has 4 heterocycles. The first-order chi connectivity index (χ1) is 18.4. The number of hydrogen-bond donors (Lipinski definition) is 2. The maximum absolute atomic E-state index is 11.8. The van der Waals surface area contributed by atoms with Gasteiger partial charge in [-0.1, -0.05) is 31.4 Å². The predicted molar refractivity (Wildman–Crippen MR) is 143 cm³/mol. The molecule has 0 bridgehead atoms. The molecule has 1 aliphatic carbocycles. The van der Waals surface area contributed by atoms with Crippen molar-refractivity contribution in [3.63, 3.8) is 0 Å². The van der Waals surface area contributed by atoms with E-state index in [0.29, 0.717) is 35.5 Å². The molecule has 1 saturated carbocycles. The zero-order chi connectivity index (χ0) is 26.8. The van der Waals surface area contributed by atoms with Crippen LogP contribution in [0.1, 0.15) is 76.3 Å². The summed E-state index contributed by atoms with van der Waals surface area (Å²) in [5, 5.41) is 3.24. The number of halogens is 1. The Bertz CT molecular complexity index is 1290. The van der Waals surface area contributed by atoms with Crippen LogP contribution in [0, 0.1) is 11.8 Å². The number of fused-ring (bicyclic) bond motifs is 1. The zero-order valence-corrected chi connectivity index (χ0v) is 23.0. The quantitative estimate of drug-likeness (QED) is 0.364. The molecule has 10 nitrogen and oxygen atoms in total. The summed E-state index contributed by atoms with van der Waals surface area (Å²) in [6, 6.07) is 3.87. The fourth-order valence-corrected chi connectivity index (χ4v) is 5.81. The highest BCUT2D eigenvalue weighted by molar-refractivity contribution is 6.30. The summed E-state index contributed by atoms with van der Waals surface area (Å²) in [7, 11) is 1.67. The first-order valence-corrected chi connectivity index (χ1v) is 13.6. The Morgan fingerprint density at radius 3 is 2.66 bits per heavy atom. The lowest BCUT2D eigenvalue weighted by atomic mass is 9.79. The average molecular weight is 543 g/mol. The largest absolute Gasteiger partial charge is 0.427 e. The van der Waals surface area contributed by atoms with Gasteiger partial charge in [-0.25, -0.2) is 14.8 Å². The van der Waals surface area contributed by atoms with Crippen LogP contribution >= 0.6 is 11.6 Å². The molecule has 11 heteroatoms. The van der Waals surface area contributed by atoms with Crippen LogP contribution < -0.4 is 10.8 Å². The number of amides is 1. The predicted octanol–water partition coefficient (Wildman–Crippen LogP) is 5.50. The van der Waals surface area contributed by atoms with Crippen LogP contribution in [0.25, 0.3) is 22.3 Å². The van der Waals surface area contributed by atoms with E-state index in [2.05, 4.69) is 34.2 Å². The summed E-state index contributed by atoms with van der Waals surface area (Å²) in [5.74, 6) is 2.03. The molecule has 5 rings (SSSR count). The SMILES string of the molecule is CCOC(COC)c1nc2cc(C3NOC(=O)N3)nc(-c3cncc(Cl)c3)c2n1C(C)C1CCC(C)CC1. The minimum atomic E-state index is -0.620. The van der Waals surface area contributed by atoms with Crippen molar-refractivity contribution < 1.29 is 19.1 Å². The molecular weight excluding hydrogens is 508 g/mol. The van der Waals surface area contributed by atoms with Gasteiger partial charge in [0.15, 0.2) is 6.17 Å². The lowest BCUT2D eigenvalue weighted by Gasteiger charge is -2.33. The van der Waals surface area contributed by atoms with Gasteiger partial charge >= 0.3 is 6.09 Å². The number of nitrogens with zero attached hydrogens (tertiary/aromatic N) is 4. The molecule has 2 aliphatic rings. The van der Waals surface area contributed by atoms with Crippen LogP contribution in [-0.4, -0.2) is 45.9 Å². The third-order valence-corrected chi connectivity index (χ3v) is 7.85. The van der Waals surface area contributed by atoms with Crippen LogP contribution in [-0.2, 0) is 14.3 Å². The van der Waals surface area contributed by atoms with E-state index >= 15 is 0 Å². The van der Waals surface area contributed by atoms with Gasteiger partial charge in [0.1, 0.15) is 11.9 Å². The number of nitrogens with one attached hydrogen (secondary N) is 2. The van der Waals surface area contributed by atoms with Crippen molar-refractivity contribution >= 4 is 28.7 Å². The Morgan fingerprint density at radius 1 is 1.21 bits per heavy atom. The maximum Gasteiger partial charge on any atom is 0.427 e. The highest BCUT2D eigenvalue weighted by Crippen LogP contribution is 2.41.